The lowest BCUT2D eigenvalue weighted by Crippen LogP contribution is -2.13. The lowest BCUT2D eigenvalue weighted by molar-refractivity contribution is 0.477. The largest absolute Gasteiger partial charge is 0.444 e. The van der Waals surface area contributed by atoms with Crippen molar-refractivity contribution in [2.24, 2.45) is 5.84 Å². The Kier molecular flexibility index (Phi) is 3.61. The van der Waals surface area contributed by atoms with E-state index in [-0.39, 0.29) is 18.2 Å². The molecule has 2 heterocycles. The number of aromatic nitrogens is 2. The molecule has 0 fully saturated rings. The number of rotatable bonds is 4. The van der Waals surface area contributed by atoms with Gasteiger partial charge in [-0.15, -0.1) is 0 Å². The van der Waals surface area contributed by atoms with Gasteiger partial charge in [0.15, 0.2) is 23.3 Å². The van der Waals surface area contributed by atoms with Gasteiger partial charge in [0.1, 0.15) is 5.76 Å². The fraction of sp³-hybridized carbons (Fsp3) is 0.273. The average molecular weight is 269 g/mol. The molecule has 0 aliphatic rings. The molecule has 2 aromatic rings. The molecular formula is C11H13F2N5O. The van der Waals surface area contributed by atoms with E-state index in [2.05, 4.69) is 15.3 Å². The zero-order chi connectivity index (χ0) is 14.0. The normalized spacial score (nSPS) is 10.6. The number of hydrogen-bond acceptors (Lipinski definition) is 6. The summed E-state index contributed by atoms with van der Waals surface area (Å²) < 4.78 is 31.9. The molecule has 0 aromatic carbocycles. The fourth-order valence-electron chi connectivity index (χ4n) is 1.47. The summed E-state index contributed by atoms with van der Waals surface area (Å²) in [6, 6.07) is 0.691. The van der Waals surface area contributed by atoms with Crippen LogP contribution in [0.15, 0.2) is 10.5 Å². The Labute approximate surface area is 108 Å². The van der Waals surface area contributed by atoms with Crippen molar-refractivity contribution < 1.29 is 13.2 Å². The van der Waals surface area contributed by atoms with E-state index >= 15 is 0 Å². The first kappa shape index (κ1) is 13.2. The number of pyridine rings is 1. The van der Waals surface area contributed by atoms with Crippen LogP contribution in [0.1, 0.15) is 17.3 Å². The van der Waals surface area contributed by atoms with Crippen molar-refractivity contribution in [1.82, 2.24) is 9.97 Å². The molecular weight excluding hydrogens is 256 g/mol. The van der Waals surface area contributed by atoms with Gasteiger partial charge in [0.25, 0.3) is 0 Å². The predicted molar refractivity (Wildman–Crippen MR) is 65.3 cm³/mol. The summed E-state index contributed by atoms with van der Waals surface area (Å²) in [5.41, 5.74) is 2.80. The molecule has 2 aromatic heterocycles. The van der Waals surface area contributed by atoms with Crippen LogP contribution in [0.4, 0.5) is 20.4 Å². The highest BCUT2D eigenvalue weighted by Gasteiger charge is 2.12. The van der Waals surface area contributed by atoms with Gasteiger partial charge in [-0.3, -0.25) is 0 Å². The highest BCUT2D eigenvalue weighted by atomic mass is 19.1. The number of oxazole rings is 1. The topological polar surface area (TPSA) is 89.0 Å². The molecule has 102 valence electrons. The van der Waals surface area contributed by atoms with E-state index in [0.717, 1.165) is 5.69 Å². The third-order valence-electron chi connectivity index (χ3n) is 2.55. The molecule has 4 N–H and O–H groups in total. The van der Waals surface area contributed by atoms with E-state index in [0.29, 0.717) is 17.7 Å². The Hall–Kier alpha value is -2.22. The molecule has 0 atom stereocenters. The molecule has 0 spiro atoms. The van der Waals surface area contributed by atoms with Crippen LogP contribution in [-0.2, 0) is 6.54 Å². The number of hydrazine groups is 1. The van der Waals surface area contributed by atoms with Gasteiger partial charge in [-0.2, -0.15) is 0 Å². The van der Waals surface area contributed by atoms with E-state index in [9.17, 15) is 8.78 Å². The zero-order valence-corrected chi connectivity index (χ0v) is 10.4. The van der Waals surface area contributed by atoms with Crippen molar-refractivity contribution in [3.8, 4) is 0 Å². The second-order valence-corrected chi connectivity index (χ2v) is 3.90. The van der Waals surface area contributed by atoms with Crippen LogP contribution in [0.25, 0.3) is 0 Å². The van der Waals surface area contributed by atoms with E-state index < -0.39 is 11.6 Å². The summed E-state index contributed by atoms with van der Waals surface area (Å²) in [6.45, 7) is 3.71. The maximum absolute atomic E-state index is 13.5. The molecule has 19 heavy (non-hydrogen) atoms. The van der Waals surface area contributed by atoms with E-state index in [4.69, 9.17) is 10.3 Å². The molecule has 0 unspecified atom stereocenters. The molecule has 0 aliphatic heterocycles. The van der Waals surface area contributed by atoms with Gasteiger partial charge in [-0.1, -0.05) is 0 Å². The first-order valence-corrected chi connectivity index (χ1v) is 5.50. The van der Waals surface area contributed by atoms with Gasteiger partial charge in [-0.25, -0.2) is 24.6 Å². The number of nitrogens with two attached hydrogens (primary N) is 1. The zero-order valence-electron chi connectivity index (χ0n) is 10.4. The second-order valence-electron chi connectivity index (χ2n) is 3.90. The number of anilines is 2. The number of hydrogen-bond donors (Lipinski definition) is 3. The Balaban J connectivity index is 2.15. The number of nitrogens with zero attached hydrogens (tertiary/aromatic N) is 2. The minimum atomic E-state index is -0.867. The Bertz CT molecular complexity index is 580. The smallest absolute Gasteiger partial charge is 0.213 e. The van der Waals surface area contributed by atoms with Gasteiger partial charge in [0.05, 0.1) is 12.2 Å². The average Bonchev–Trinajstić information content (AvgIpc) is 2.68. The standard InChI is InChI=1S/C11H13F2N5O/c1-5-6(2)19-9(16-5)4-15-10-7(12)3-8(13)11(17-10)18-14/h3H,4,14H2,1-2H3,(H2,15,17,18). The minimum absolute atomic E-state index is 0.133. The van der Waals surface area contributed by atoms with Gasteiger partial charge < -0.3 is 15.2 Å². The lowest BCUT2D eigenvalue weighted by atomic mass is 10.4. The molecule has 0 aliphatic carbocycles. The minimum Gasteiger partial charge on any atom is -0.444 e. The molecule has 6 nitrogen and oxygen atoms in total. The number of aryl methyl sites for hydroxylation is 2. The quantitative estimate of drug-likeness (QED) is 0.580. The first-order chi connectivity index (χ1) is 9.01. The predicted octanol–water partition coefficient (Wildman–Crippen LogP) is 1.86. The Morgan fingerprint density at radius 3 is 2.47 bits per heavy atom. The molecule has 2 rings (SSSR count). The first-order valence-electron chi connectivity index (χ1n) is 5.50. The van der Waals surface area contributed by atoms with Crippen LogP contribution >= 0.6 is 0 Å². The molecule has 0 radical (unpaired) electrons. The van der Waals surface area contributed by atoms with Gasteiger partial charge in [0.2, 0.25) is 5.89 Å². The van der Waals surface area contributed by atoms with Crippen LogP contribution in [-0.4, -0.2) is 9.97 Å². The number of halogens is 2. The third-order valence-corrected chi connectivity index (χ3v) is 2.55. The molecule has 8 heteroatoms. The van der Waals surface area contributed by atoms with E-state index in [1.54, 1.807) is 13.8 Å². The fourth-order valence-corrected chi connectivity index (χ4v) is 1.47. The monoisotopic (exact) mass is 269 g/mol. The lowest BCUT2D eigenvalue weighted by Gasteiger charge is -2.07. The summed E-state index contributed by atoms with van der Waals surface area (Å²) in [5, 5.41) is 2.67. The highest BCUT2D eigenvalue weighted by molar-refractivity contribution is 5.46. The van der Waals surface area contributed by atoms with Crippen LogP contribution in [0.3, 0.4) is 0 Å². The summed E-state index contributed by atoms with van der Waals surface area (Å²) in [4.78, 5) is 7.79. The summed E-state index contributed by atoms with van der Waals surface area (Å²) in [6.07, 6.45) is 0. The number of nitrogens with one attached hydrogen (secondary N) is 2. The van der Waals surface area contributed by atoms with Gasteiger partial charge in [-0.05, 0) is 13.8 Å². The third kappa shape index (κ3) is 2.79. The van der Waals surface area contributed by atoms with Crippen molar-refractivity contribution in [1.29, 1.82) is 0 Å². The van der Waals surface area contributed by atoms with Crippen molar-refractivity contribution in [2.75, 3.05) is 10.7 Å². The molecule has 0 amide bonds. The summed E-state index contributed by atoms with van der Waals surface area (Å²) in [5.74, 6) is 4.07. The molecule has 0 bridgehead atoms. The van der Waals surface area contributed by atoms with Crippen molar-refractivity contribution in [3.63, 3.8) is 0 Å². The van der Waals surface area contributed by atoms with Crippen LogP contribution in [0, 0.1) is 25.5 Å². The van der Waals surface area contributed by atoms with E-state index in [1.165, 1.54) is 0 Å². The van der Waals surface area contributed by atoms with Crippen LogP contribution in [0.2, 0.25) is 0 Å². The highest BCUT2D eigenvalue weighted by Crippen LogP contribution is 2.19. The van der Waals surface area contributed by atoms with Crippen molar-refractivity contribution in [2.45, 2.75) is 20.4 Å². The number of nitrogen functional groups attached to an aromatic ring is 1. The Morgan fingerprint density at radius 2 is 1.89 bits per heavy atom. The maximum atomic E-state index is 13.5. The van der Waals surface area contributed by atoms with Gasteiger partial charge >= 0.3 is 0 Å². The Morgan fingerprint density at radius 1 is 1.21 bits per heavy atom. The van der Waals surface area contributed by atoms with Gasteiger partial charge in [0, 0.05) is 6.07 Å². The van der Waals surface area contributed by atoms with Crippen molar-refractivity contribution in [3.05, 3.63) is 35.0 Å². The van der Waals surface area contributed by atoms with Crippen LogP contribution in [0.5, 0.6) is 0 Å². The molecule has 0 saturated heterocycles. The SMILES string of the molecule is Cc1nc(CNc2nc(NN)c(F)cc2F)oc1C. The van der Waals surface area contributed by atoms with Crippen molar-refractivity contribution >= 4 is 11.6 Å². The van der Waals surface area contributed by atoms with Crippen LogP contribution < -0.4 is 16.6 Å². The second kappa shape index (κ2) is 5.19. The summed E-state index contributed by atoms with van der Waals surface area (Å²) in [7, 11) is 0. The maximum Gasteiger partial charge on any atom is 0.213 e. The van der Waals surface area contributed by atoms with E-state index in [1.807, 2.05) is 5.43 Å². The molecule has 0 saturated carbocycles. The summed E-state index contributed by atoms with van der Waals surface area (Å²) >= 11 is 0.